The van der Waals surface area contributed by atoms with Crippen LogP contribution in [0.1, 0.15) is 18.1 Å². The quantitative estimate of drug-likeness (QED) is 0.447. The Morgan fingerprint density at radius 3 is 2.27 bits per heavy atom. The van der Waals surface area contributed by atoms with E-state index in [-0.39, 0.29) is 31.4 Å². The number of benzene rings is 3. The lowest BCUT2D eigenvalue weighted by atomic mass is 10.1. The molecule has 1 N–H and O–H groups in total. The molecule has 0 unspecified atom stereocenters. The summed E-state index contributed by atoms with van der Waals surface area (Å²) in [6.45, 7) is 1.63. The van der Waals surface area contributed by atoms with Crippen molar-refractivity contribution in [2.45, 2.75) is 26.1 Å². The third-order valence-electron chi connectivity index (χ3n) is 5.03. The molecule has 3 aromatic rings. The fourth-order valence-electron chi connectivity index (χ4n) is 3.13. The summed E-state index contributed by atoms with van der Waals surface area (Å²) in [6.07, 6.45) is 0. The Morgan fingerprint density at radius 1 is 0.970 bits per heavy atom. The summed E-state index contributed by atoms with van der Waals surface area (Å²) in [5.41, 5.74) is 1.44. The van der Waals surface area contributed by atoms with Crippen molar-refractivity contribution in [1.29, 1.82) is 0 Å². The topological polar surface area (TPSA) is 58.6 Å². The lowest BCUT2D eigenvalue weighted by Gasteiger charge is -2.29. The minimum atomic E-state index is -0.820. The maximum Gasteiger partial charge on any atom is 0.261 e. The van der Waals surface area contributed by atoms with E-state index in [4.69, 9.17) is 27.9 Å². The molecular weight excluding hydrogens is 466 g/mol. The summed E-state index contributed by atoms with van der Waals surface area (Å²) in [7, 11) is 0. The van der Waals surface area contributed by atoms with Crippen LogP contribution in [0.25, 0.3) is 0 Å². The summed E-state index contributed by atoms with van der Waals surface area (Å²) >= 11 is 12.3. The molecule has 0 aliphatic heterocycles. The van der Waals surface area contributed by atoms with Crippen molar-refractivity contribution in [3.05, 3.63) is 99.8 Å². The number of para-hydroxylation sites is 1. The first-order valence-electron chi connectivity index (χ1n) is 10.3. The Morgan fingerprint density at radius 2 is 1.61 bits per heavy atom. The zero-order chi connectivity index (χ0) is 23.8. The molecule has 172 valence electrons. The molecule has 33 heavy (non-hydrogen) atoms. The highest BCUT2D eigenvalue weighted by Crippen LogP contribution is 2.23. The molecule has 3 rings (SSSR count). The van der Waals surface area contributed by atoms with Crippen molar-refractivity contribution < 1.29 is 18.7 Å². The Kier molecular flexibility index (Phi) is 8.69. The number of hydrogen-bond donors (Lipinski definition) is 1. The van der Waals surface area contributed by atoms with E-state index in [1.54, 1.807) is 55.5 Å². The number of carbonyl (C=O) groups excluding carboxylic acids is 2. The smallest absolute Gasteiger partial charge is 0.261 e. The second-order valence-electron chi connectivity index (χ2n) is 7.35. The Hall–Kier alpha value is -3.09. The largest absolute Gasteiger partial charge is 0.482 e. The van der Waals surface area contributed by atoms with Gasteiger partial charge in [0.15, 0.2) is 6.61 Å². The van der Waals surface area contributed by atoms with Gasteiger partial charge in [0, 0.05) is 18.1 Å². The molecule has 0 heterocycles. The monoisotopic (exact) mass is 488 g/mol. The minimum Gasteiger partial charge on any atom is -0.482 e. The number of ether oxygens (including phenoxy) is 1. The molecule has 0 bridgehead atoms. The van der Waals surface area contributed by atoms with Gasteiger partial charge < -0.3 is 15.0 Å². The first-order chi connectivity index (χ1) is 15.8. The number of carbonyl (C=O) groups is 2. The van der Waals surface area contributed by atoms with Crippen LogP contribution in [0.4, 0.5) is 4.39 Å². The van der Waals surface area contributed by atoms with Gasteiger partial charge in [0.25, 0.3) is 5.91 Å². The molecule has 0 radical (unpaired) electrons. The van der Waals surface area contributed by atoms with Crippen molar-refractivity contribution in [3.63, 3.8) is 0 Å². The Labute approximate surface area is 202 Å². The third-order valence-corrected chi connectivity index (χ3v) is 5.71. The highest BCUT2D eigenvalue weighted by atomic mass is 35.5. The molecule has 0 aromatic heterocycles. The van der Waals surface area contributed by atoms with E-state index >= 15 is 0 Å². The Balaban J connectivity index is 1.72. The summed E-state index contributed by atoms with van der Waals surface area (Å²) in [4.78, 5) is 27.3. The highest BCUT2D eigenvalue weighted by molar-refractivity contribution is 6.32. The number of rotatable bonds is 9. The molecule has 1 atom stereocenters. The lowest BCUT2D eigenvalue weighted by molar-refractivity contribution is -0.142. The molecule has 0 aliphatic carbocycles. The van der Waals surface area contributed by atoms with Crippen LogP contribution in [0, 0.1) is 5.82 Å². The molecular formula is C25H23Cl2FN2O3. The molecule has 0 saturated carbocycles. The van der Waals surface area contributed by atoms with Crippen LogP contribution in [0.2, 0.25) is 10.0 Å². The molecule has 2 amide bonds. The van der Waals surface area contributed by atoms with Crippen molar-refractivity contribution in [1.82, 2.24) is 10.2 Å². The number of hydrogen-bond acceptors (Lipinski definition) is 3. The first-order valence-corrected chi connectivity index (χ1v) is 11.0. The van der Waals surface area contributed by atoms with E-state index in [1.165, 1.54) is 17.0 Å². The number of nitrogens with one attached hydrogen (secondary N) is 1. The van der Waals surface area contributed by atoms with Gasteiger partial charge in [-0.25, -0.2) is 4.39 Å². The zero-order valence-corrected chi connectivity index (χ0v) is 19.4. The van der Waals surface area contributed by atoms with Crippen LogP contribution in [-0.4, -0.2) is 29.4 Å². The highest BCUT2D eigenvalue weighted by Gasteiger charge is 2.26. The van der Waals surface area contributed by atoms with Gasteiger partial charge >= 0.3 is 0 Å². The molecule has 0 aliphatic rings. The fraction of sp³-hybridized carbons (Fsp3) is 0.200. The van der Waals surface area contributed by atoms with Crippen LogP contribution in [0.3, 0.4) is 0 Å². The van der Waals surface area contributed by atoms with Crippen molar-refractivity contribution in [2.24, 2.45) is 0 Å². The van der Waals surface area contributed by atoms with Gasteiger partial charge in [-0.1, -0.05) is 65.7 Å². The van der Waals surface area contributed by atoms with E-state index in [0.717, 1.165) is 5.56 Å². The predicted molar refractivity (Wildman–Crippen MR) is 127 cm³/mol. The van der Waals surface area contributed by atoms with Gasteiger partial charge in [-0.15, -0.1) is 0 Å². The van der Waals surface area contributed by atoms with Gasteiger partial charge in [0.05, 0.1) is 5.02 Å². The van der Waals surface area contributed by atoms with Crippen molar-refractivity contribution in [3.8, 4) is 5.75 Å². The second kappa shape index (κ2) is 11.7. The van der Waals surface area contributed by atoms with Crippen LogP contribution >= 0.6 is 23.2 Å². The molecule has 5 nitrogen and oxygen atoms in total. The fourth-order valence-corrected chi connectivity index (χ4v) is 3.52. The second-order valence-corrected chi connectivity index (χ2v) is 8.17. The summed E-state index contributed by atoms with van der Waals surface area (Å²) in [5, 5.41) is 3.73. The normalized spacial score (nSPS) is 11.5. The van der Waals surface area contributed by atoms with Gasteiger partial charge in [-0.05, 0) is 48.4 Å². The molecule has 0 spiro atoms. The van der Waals surface area contributed by atoms with Crippen LogP contribution in [0.5, 0.6) is 5.75 Å². The summed E-state index contributed by atoms with van der Waals surface area (Å²) in [6, 6.07) is 18.9. The predicted octanol–water partition coefficient (Wildman–Crippen LogP) is 5.25. The van der Waals surface area contributed by atoms with E-state index in [1.807, 2.05) is 12.1 Å². The zero-order valence-electron chi connectivity index (χ0n) is 17.9. The standard InChI is InChI=1S/C25H23Cl2FN2O3/c1-17(25(32)29-14-19-6-2-3-7-21(19)26)30(15-18-10-12-20(28)13-11-18)24(31)16-33-23-9-5-4-8-22(23)27/h2-13,17H,14-16H2,1H3,(H,29,32)/t17-/m0/s1. The van der Waals surface area contributed by atoms with Crippen molar-refractivity contribution >= 4 is 35.0 Å². The average Bonchev–Trinajstić information content (AvgIpc) is 2.82. The van der Waals surface area contributed by atoms with Crippen molar-refractivity contribution in [2.75, 3.05) is 6.61 Å². The molecule has 8 heteroatoms. The number of nitrogens with zero attached hydrogens (tertiary/aromatic N) is 1. The first kappa shape index (κ1) is 24.6. The van der Waals surface area contributed by atoms with Crippen LogP contribution < -0.4 is 10.1 Å². The van der Waals surface area contributed by atoms with Gasteiger partial charge in [-0.3, -0.25) is 9.59 Å². The van der Waals surface area contributed by atoms with Crippen LogP contribution in [-0.2, 0) is 22.7 Å². The van der Waals surface area contributed by atoms with E-state index < -0.39 is 11.9 Å². The van der Waals surface area contributed by atoms with Gasteiger partial charge in [0.2, 0.25) is 5.91 Å². The summed E-state index contributed by atoms with van der Waals surface area (Å²) in [5.74, 6) is -0.794. The average molecular weight is 489 g/mol. The third kappa shape index (κ3) is 6.94. The van der Waals surface area contributed by atoms with Gasteiger partial charge in [0.1, 0.15) is 17.6 Å². The van der Waals surface area contributed by atoms with E-state index in [9.17, 15) is 14.0 Å². The molecule has 0 saturated heterocycles. The number of amides is 2. The van der Waals surface area contributed by atoms with E-state index in [2.05, 4.69) is 5.32 Å². The maximum atomic E-state index is 13.3. The van der Waals surface area contributed by atoms with Crippen LogP contribution in [0.15, 0.2) is 72.8 Å². The summed E-state index contributed by atoms with van der Waals surface area (Å²) < 4.78 is 18.9. The maximum absolute atomic E-state index is 13.3. The lowest BCUT2D eigenvalue weighted by Crippen LogP contribution is -2.48. The number of halogens is 3. The molecule has 3 aromatic carbocycles. The Bertz CT molecular complexity index is 1110. The van der Waals surface area contributed by atoms with E-state index in [0.29, 0.717) is 21.4 Å². The SMILES string of the molecule is C[C@@H](C(=O)NCc1ccccc1Cl)N(Cc1ccc(F)cc1)C(=O)COc1ccccc1Cl. The van der Waals surface area contributed by atoms with Gasteiger partial charge in [-0.2, -0.15) is 0 Å². The molecule has 0 fully saturated rings. The minimum absolute atomic E-state index is 0.103.